The molecule has 1 atom stereocenters. The van der Waals surface area contributed by atoms with E-state index in [4.69, 9.17) is 0 Å². The maximum absolute atomic E-state index is 11.4. The van der Waals surface area contributed by atoms with Crippen LogP contribution in [0.25, 0.3) is 10.8 Å². The lowest BCUT2D eigenvalue weighted by molar-refractivity contribution is 0.0595. The maximum Gasteiger partial charge on any atom is 0.354 e. The van der Waals surface area contributed by atoms with Crippen molar-refractivity contribution in [3.8, 4) is 0 Å². The molecule has 0 bridgehead atoms. The molecule has 0 aliphatic carbocycles. The molecule has 0 fully saturated rings. The molecular weight excluding hydrogens is 304 g/mol. The maximum atomic E-state index is 11.4. The van der Waals surface area contributed by atoms with E-state index in [1.807, 2.05) is 36.4 Å². The molecule has 2 aromatic carbocycles. The number of H-pyrrole nitrogens is 1. The fraction of sp³-hybridized carbons (Fsp3) is 0.211. The van der Waals surface area contributed by atoms with E-state index in [2.05, 4.69) is 21.1 Å². The van der Waals surface area contributed by atoms with Crippen LogP contribution in [0.3, 0.4) is 0 Å². The van der Waals surface area contributed by atoms with Crippen molar-refractivity contribution < 1.29 is 14.6 Å². The van der Waals surface area contributed by atoms with E-state index < -0.39 is 12.1 Å². The second-order valence-electron chi connectivity index (χ2n) is 5.67. The van der Waals surface area contributed by atoms with Gasteiger partial charge in [-0.1, -0.05) is 36.4 Å². The Morgan fingerprint density at radius 2 is 2.00 bits per heavy atom. The molecule has 1 unspecified atom stereocenters. The van der Waals surface area contributed by atoms with Crippen LogP contribution in [0.5, 0.6) is 0 Å². The lowest BCUT2D eigenvalue weighted by Gasteiger charge is -2.12. The van der Waals surface area contributed by atoms with Crippen LogP contribution in [0.1, 0.15) is 27.7 Å². The van der Waals surface area contributed by atoms with Gasteiger partial charge in [0.15, 0.2) is 0 Å². The van der Waals surface area contributed by atoms with Gasteiger partial charge in [0, 0.05) is 19.3 Å². The first-order valence-corrected chi connectivity index (χ1v) is 7.80. The number of fused-ring (bicyclic) bond motifs is 1. The largest absolute Gasteiger partial charge is 0.464 e. The van der Waals surface area contributed by atoms with Crippen molar-refractivity contribution in [2.75, 3.05) is 13.7 Å². The number of carbonyl (C=O) groups excluding carboxylic acids is 1. The molecule has 1 heterocycles. The van der Waals surface area contributed by atoms with E-state index in [0.717, 1.165) is 21.9 Å². The van der Waals surface area contributed by atoms with Gasteiger partial charge in [0.25, 0.3) is 0 Å². The summed E-state index contributed by atoms with van der Waals surface area (Å²) in [5.74, 6) is -0.391. The number of hydrogen-bond donors (Lipinski definition) is 3. The molecule has 0 saturated carbocycles. The van der Waals surface area contributed by atoms with E-state index in [0.29, 0.717) is 18.8 Å². The Kier molecular flexibility index (Phi) is 4.93. The third kappa shape index (κ3) is 3.64. The Labute approximate surface area is 140 Å². The van der Waals surface area contributed by atoms with Crippen LogP contribution in [0.4, 0.5) is 0 Å². The van der Waals surface area contributed by atoms with Crippen LogP contribution in [0.2, 0.25) is 0 Å². The second kappa shape index (κ2) is 7.29. The number of aromatic amines is 1. The molecular formula is C19H20N2O3. The molecule has 3 aromatic rings. The molecule has 5 nitrogen and oxygen atoms in total. The minimum atomic E-state index is -0.589. The molecule has 0 aliphatic rings. The molecule has 3 rings (SSSR count). The lowest BCUT2D eigenvalue weighted by atomic mass is 10.0. The van der Waals surface area contributed by atoms with Crippen molar-refractivity contribution in [2.45, 2.75) is 12.6 Å². The van der Waals surface area contributed by atoms with Crippen LogP contribution in [0, 0.1) is 0 Å². The van der Waals surface area contributed by atoms with E-state index in [1.165, 1.54) is 7.11 Å². The van der Waals surface area contributed by atoms with E-state index in [-0.39, 0.29) is 0 Å². The minimum Gasteiger partial charge on any atom is -0.464 e. The quantitative estimate of drug-likeness (QED) is 0.610. The molecule has 0 radical (unpaired) electrons. The summed E-state index contributed by atoms with van der Waals surface area (Å²) in [4.78, 5) is 14.3. The molecule has 3 N–H and O–H groups in total. The first-order valence-electron chi connectivity index (χ1n) is 7.80. The number of ether oxygens (including phenoxy) is 1. The number of esters is 1. The van der Waals surface area contributed by atoms with Crippen molar-refractivity contribution in [1.82, 2.24) is 10.3 Å². The van der Waals surface area contributed by atoms with Crippen LogP contribution >= 0.6 is 0 Å². The standard InChI is InChI=1S/C19H20N2O3/c1-24-19(23)17-8-13(11-21-17)10-20-12-18(22)16-7-6-14-4-2-3-5-15(14)9-16/h2-9,11,18,20-22H,10,12H2,1H3. The van der Waals surface area contributed by atoms with Crippen molar-refractivity contribution >= 4 is 16.7 Å². The molecule has 0 amide bonds. The number of nitrogens with one attached hydrogen (secondary N) is 2. The zero-order valence-electron chi connectivity index (χ0n) is 13.5. The summed E-state index contributed by atoms with van der Waals surface area (Å²) in [5.41, 5.74) is 2.23. The van der Waals surface area contributed by atoms with Crippen molar-refractivity contribution in [3.05, 3.63) is 71.5 Å². The number of benzene rings is 2. The predicted molar refractivity (Wildman–Crippen MR) is 92.7 cm³/mol. The van der Waals surface area contributed by atoms with Crippen LogP contribution in [-0.4, -0.2) is 29.7 Å². The first kappa shape index (κ1) is 16.2. The summed E-state index contributed by atoms with van der Waals surface area (Å²) >= 11 is 0. The van der Waals surface area contributed by atoms with Gasteiger partial charge in [-0.2, -0.15) is 0 Å². The fourth-order valence-electron chi connectivity index (χ4n) is 2.66. The van der Waals surface area contributed by atoms with E-state index in [9.17, 15) is 9.90 Å². The van der Waals surface area contributed by atoms with Gasteiger partial charge in [-0.3, -0.25) is 0 Å². The Morgan fingerprint density at radius 3 is 2.79 bits per heavy atom. The second-order valence-corrected chi connectivity index (χ2v) is 5.67. The molecule has 0 aliphatic heterocycles. The van der Waals surface area contributed by atoms with Crippen LogP contribution < -0.4 is 5.32 Å². The molecule has 24 heavy (non-hydrogen) atoms. The number of aliphatic hydroxyl groups excluding tert-OH is 1. The van der Waals surface area contributed by atoms with Crippen molar-refractivity contribution in [2.24, 2.45) is 0 Å². The average Bonchev–Trinajstić information content (AvgIpc) is 3.09. The zero-order chi connectivity index (χ0) is 16.9. The summed E-state index contributed by atoms with van der Waals surface area (Å²) in [6, 6.07) is 15.8. The summed E-state index contributed by atoms with van der Waals surface area (Å²) in [6.45, 7) is 0.981. The van der Waals surface area contributed by atoms with E-state index >= 15 is 0 Å². The zero-order valence-corrected chi connectivity index (χ0v) is 13.5. The number of aliphatic hydroxyl groups is 1. The lowest BCUT2D eigenvalue weighted by Crippen LogP contribution is -2.20. The Balaban J connectivity index is 1.57. The normalized spacial score (nSPS) is 12.2. The smallest absolute Gasteiger partial charge is 0.354 e. The summed E-state index contributed by atoms with van der Waals surface area (Å²) < 4.78 is 4.65. The highest BCUT2D eigenvalue weighted by Crippen LogP contribution is 2.20. The number of methoxy groups -OCH3 is 1. The van der Waals surface area contributed by atoms with Gasteiger partial charge in [-0.25, -0.2) is 4.79 Å². The van der Waals surface area contributed by atoms with Gasteiger partial charge in [0.2, 0.25) is 0 Å². The van der Waals surface area contributed by atoms with Gasteiger partial charge in [0.1, 0.15) is 5.69 Å². The molecule has 0 saturated heterocycles. The van der Waals surface area contributed by atoms with Gasteiger partial charge in [-0.15, -0.1) is 0 Å². The average molecular weight is 324 g/mol. The Hall–Kier alpha value is -2.63. The highest BCUT2D eigenvalue weighted by molar-refractivity contribution is 5.87. The highest BCUT2D eigenvalue weighted by Gasteiger charge is 2.10. The monoisotopic (exact) mass is 324 g/mol. The van der Waals surface area contributed by atoms with Gasteiger partial charge in [-0.05, 0) is 34.0 Å². The first-order chi connectivity index (χ1) is 11.7. The summed E-state index contributed by atoms with van der Waals surface area (Å²) in [7, 11) is 1.35. The third-order valence-corrected chi connectivity index (χ3v) is 3.97. The number of hydrogen-bond acceptors (Lipinski definition) is 4. The van der Waals surface area contributed by atoms with E-state index in [1.54, 1.807) is 12.3 Å². The van der Waals surface area contributed by atoms with Gasteiger partial charge < -0.3 is 20.1 Å². The highest BCUT2D eigenvalue weighted by atomic mass is 16.5. The SMILES string of the molecule is COC(=O)c1cc(CNCC(O)c2ccc3ccccc3c2)c[nH]1. The van der Waals surface area contributed by atoms with Gasteiger partial charge >= 0.3 is 5.97 Å². The van der Waals surface area contributed by atoms with Gasteiger partial charge in [0.05, 0.1) is 13.2 Å². The molecule has 1 aromatic heterocycles. The number of aromatic nitrogens is 1. The van der Waals surface area contributed by atoms with Crippen molar-refractivity contribution in [1.29, 1.82) is 0 Å². The Morgan fingerprint density at radius 1 is 1.21 bits per heavy atom. The predicted octanol–water partition coefficient (Wildman–Crippen LogP) is 2.78. The molecule has 0 spiro atoms. The molecule has 124 valence electrons. The summed E-state index contributed by atoms with van der Waals surface area (Å²) in [6.07, 6.45) is 1.16. The van der Waals surface area contributed by atoms with Crippen LogP contribution in [0.15, 0.2) is 54.7 Å². The summed E-state index contributed by atoms with van der Waals surface area (Å²) in [5, 5.41) is 15.8. The molecule has 5 heteroatoms. The third-order valence-electron chi connectivity index (χ3n) is 3.97. The fourth-order valence-corrected chi connectivity index (χ4v) is 2.66. The topological polar surface area (TPSA) is 74.3 Å². The number of rotatable bonds is 6. The van der Waals surface area contributed by atoms with Crippen molar-refractivity contribution in [3.63, 3.8) is 0 Å². The van der Waals surface area contributed by atoms with Crippen LogP contribution in [-0.2, 0) is 11.3 Å². The minimum absolute atomic E-state index is 0.391. The number of carbonyl (C=O) groups is 1. The Bertz CT molecular complexity index is 841.